The first kappa shape index (κ1) is 28.9. The van der Waals surface area contributed by atoms with Crippen molar-refractivity contribution in [3.8, 4) is 0 Å². The van der Waals surface area contributed by atoms with Gasteiger partial charge in [0.2, 0.25) is 0 Å². The highest BCUT2D eigenvalue weighted by atomic mass is 16.6. The lowest BCUT2D eigenvalue weighted by atomic mass is 10.1. The summed E-state index contributed by atoms with van der Waals surface area (Å²) in [6.07, 6.45) is 4.88. The first-order valence-corrected chi connectivity index (χ1v) is 12.6. The maximum Gasteiger partial charge on any atom is 0.303 e. The van der Waals surface area contributed by atoms with Gasteiger partial charge in [0.15, 0.2) is 12.2 Å². The van der Waals surface area contributed by atoms with E-state index in [1.807, 2.05) is 49.4 Å². The summed E-state index contributed by atoms with van der Waals surface area (Å²) in [6.45, 7) is 7.48. The quantitative estimate of drug-likeness (QED) is 0.452. The van der Waals surface area contributed by atoms with Crippen LogP contribution in [0.3, 0.4) is 0 Å². The van der Waals surface area contributed by atoms with Gasteiger partial charge >= 0.3 is 11.9 Å². The molecule has 8 heteroatoms. The second-order valence-corrected chi connectivity index (χ2v) is 9.01. The van der Waals surface area contributed by atoms with Gasteiger partial charge in [-0.05, 0) is 37.1 Å². The Balaban J connectivity index is 0.000000232. The molecule has 0 amide bonds. The van der Waals surface area contributed by atoms with E-state index < -0.39 is 24.1 Å². The lowest BCUT2D eigenvalue weighted by molar-refractivity contribution is -0.172. The molecule has 0 bridgehead atoms. The fourth-order valence-electron chi connectivity index (χ4n) is 3.97. The fraction of sp³-hybridized carbons (Fsp3) is 0.400. The zero-order chi connectivity index (χ0) is 27.3. The molecule has 2 heterocycles. The third kappa shape index (κ3) is 9.36. The average Bonchev–Trinajstić information content (AvgIpc) is 2.90. The van der Waals surface area contributed by atoms with Gasteiger partial charge in [0.25, 0.3) is 0 Å². The van der Waals surface area contributed by atoms with Crippen LogP contribution >= 0.6 is 0 Å². The first-order valence-electron chi connectivity index (χ1n) is 12.6. The molecule has 2 aliphatic rings. The van der Waals surface area contributed by atoms with Crippen LogP contribution in [-0.4, -0.2) is 48.6 Å². The Hall–Kier alpha value is -3.62. The van der Waals surface area contributed by atoms with Crippen LogP contribution in [-0.2, 0) is 51.2 Å². The van der Waals surface area contributed by atoms with E-state index in [2.05, 4.69) is 24.3 Å². The van der Waals surface area contributed by atoms with Crippen molar-refractivity contribution in [1.29, 1.82) is 0 Å². The maximum absolute atomic E-state index is 10.8. The molecule has 8 nitrogen and oxygen atoms in total. The Morgan fingerprint density at radius 3 is 1.66 bits per heavy atom. The van der Waals surface area contributed by atoms with Crippen molar-refractivity contribution in [1.82, 2.24) is 0 Å². The molecule has 38 heavy (non-hydrogen) atoms. The normalized spacial score (nSPS) is 25.7. The Bertz CT molecular complexity index is 1050. The molecule has 0 unspecified atom stereocenters. The Kier molecular flexibility index (Phi) is 11.4. The van der Waals surface area contributed by atoms with E-state index in [-0.39, 0.29) is 24.4 Å². The zero-order valence-electron chi connectivity index (χ0n) is 22.2. The minimum atomic E-state index is -0.587. The van der Waals surface area contributed by atoms with Crippen LogP contribution < -0.4 is 0 Å². The van der Waals surface area contributed by atoms with E-state index in [1.165, 1.54) is 20.1 Å². The zero-order valence-corrected chi connectivity index (χ0v) is 22.2. The summed E-state index contributed by atoms with van der Waals surface area (Å²) in [5.41, 5.74) is 2.30. The van der Waals surface area contributed by atoms with Gasteiger partial charge in [-0.2, -0.15) is 0 Å². The smallest absolute Gasteiger partial charge is 0.303 e. The summed E-state index contributed by atoms with van der Waals surface area (Å²) in [5.74, 6) is -0.848. The molecule has 2 aromatic rings. The molecular formula is C30H36O8. The molecule has 0 saturated heterocycles. The molecular weight excluding hydrogens is 488 g/mol. The number of benzene rings is 2. The molecule has 0 aromatic heterocycles. The van der Waals surface area contributed by atoms with Crippen LogP contribution in [0.5, 0.6) is 0 Å². The summed E-state index contributed by atoms with van der Waals surface area (Å²) in [5, 5.41) is 0. The van der Waals surface area contributed by atoms with E-state index in [1.54, 1.807) is 19.3 Å². The maximum atomic E-state index is 10.8. The number of esters is 2. The van der Waals surface area contributed by atoms with Crippen LogP contribution in [0.1, 0.15) is 38.8 Å². The molecule has 0 radical (unpaired) electrons. The van der Waals surface area contributed by atoms with Gasteiger partial charge in [0, 0.05) is 13.8 Å². The van der Waals surface area contributed by atoms with Gasteiger partial charge in [-0.3, -0.25) is 9.59 Å². The highest BCUT2D eigenvalue weighted by Crippen LogP contribution is 2.21. The summed E-state index contributed by atoms with van der Waals surface area (Å²) >= 11 is 0. The molecule has 0 fully saturated rings. The molecule has 2 aliphatic heterocycles. The van der Waals surface area contributed by atoms with Gasteiger partial charge in [0.05, 0.1) is 25.7 Å². The number of carbonyl (C=O) groups excluding carboxylic acids is 2. The predicted molar refractivity (Wildman–Crippen MR) is 141 cm³/mol. The van der Waals surface area contributed by atoms with Crippen LogP contribution in [0.4, 0.5) is 0 Å². The summed E-state index contributed by atoms with van der Waals surface area (Å²) in [7, 11) is 0. The third-order valence-electron chi connectivity index (χ3n) is 5.87. The van der Waals surface area contributed by atoms with Gasteiger partial charge in [0.1, 0.15) is 24.4 Å². The number of ether oxygens (including phenoxy) is 6. The number of hydrogen-bond donors (Lipinski definition) is 0. The molecule has 0 aliphatic carbocycles. The SMILES string of the molecule is CC(=O)O[C@H]1[C@H](C)OC=C[C@@H]1OC(C)=O.C[C@@H]1OC=C[C@H](OCc2ccccc2)[C@H]1OCc1ccccc1. The Morgan fingerprint density at radius 1 is 0.658 bits per heavy atom. The minimum Gasteiger partial charge on any atom is -0.496 e. The molecule has 0 spiro atoms. The largest absolute Gasteiger partial charge is 0.496 e. The van der Waals surface area contributed by atoms with E-state index in [0.29, 0.717) is 13.2 Å². The standard InChI is InChI=1S/C20H22O3.C10H14O5/c1-16-20(23-15-18-10-6-3-7-11-18)19(12-13-21-16)22-14-17-8-4-2-5-9-17;1-6-10(15-8(3)12)9(4-5-13-6)14-7(2)11/h2-13,16,19-20H,14-15H2,1H3;4-6,9-10H,1-3H3/t16-,19-,20-;6-,9-,10-/m00/s1. The van der Waals surface area contributed by atoms with Crippen LogP contribution in [0.25, 0.3) is 0 Å². The molecule has 6 atom stereocenters. The van der Waals surface area contributed by atoms with Crippen molar-refractivity contribution in [2.45, 2.75) is 77.5 Å². The van der Waals surface area contributed by atoms with Crippen molar-refractivity contribution >= 4 is 11.9 Å². The molecule has 204 valence electrons. The highest BCUT2D eigenvalue weighted by molar-refractivity contribution is 5.67. The lowest BCUT2D eigenvalue weighted by Crippen LogP contribution is -2.43. The van der Waals surface area contributed by atoms with Crippen molar-refractivity contribution in [3.05, 3.63) is 96.5 Å². The van der Waals surface area contributed by atoms with Crippen molar-refractivity contribution in [2.75, 3.05) is 0 Å². The summed E-state index contributed by atoms with van der Waals surface area (Å²) < 4.78 is 32.9. The van der Waals surface area contributed by atoms with Gasteiger partial charge in [-0.25, -0.2) is 0 Å². The Labute approximate surface area is 224 Å². The molecule has 4 rings (SSSR count). The van der Waals surface area contributed by atoms with Gasteiger partial charge in [-0.1, -0.05) is 60.7 Å². The molecule has 0 saturated carbocycles. The van der Waals surface area contributed by atoms with Crippen LogP contribution in [0.2, 0.25) is 0 Å². The first-order chi connectivity index (χ1) is 18.3. The second-order valence-electron chi connectivity index (χ2n) is 9.01. The lowest BCUT2D eigenvalue weighted by Gasteiger charge is -2.32. The van der Waals surface area contributed by atoms with E-state index in [4.69, 9.17) is 28.4 Å². The molecule has 2 aromatic carbocycles. The van der Waals surface area contributed by atoms with Crippen molar-refractivity contribution in [3.63, 3.8) is 0 Å². The van der Waals surface area contributed by atoms with E-state index in [0.717, 1.165) is 11.1 Å². The Morgan fingerprint density at radius 2 is 1.13 bits per heavy atom. The number of rotatable bonds is 8. The minimum absolute atomic E-state index is 0.0375. The van der Waals surface area contributed by atoms with E-state index in [9.17, 15) is 9.59 Å². The van der Waals surface area contributed by atoms with E-state index >= 15 is 0 Å². The number of hydrogen-bond acceptors (Lipinski definition) is 8. The van der Waals surface area contributed by atoms with Crippen LogP contribution in [0.15, 0.2) is 85.3 Å². The predicted octanol–water partition coefficient (Wildman–Crippen LogP) is 4.87. The van der Waals surface area contributed by atoms with Gasteiger partial charge < -0.3 is 28.4 Å². The van der Waals surface area contributed by atoms with Crippen molar-refractivity contribution < 1.29 is 38.0 Å². The fourth-order valence-corrected chi connectivity index (χ4v) is 3.97. The summed E-state index contributed by atoms with van der Waals surface area (Å²) in [6, 6.07) is 20.3. The topological polar surface area (TPSA) is 89.5 Å². The van der Waals surface area contributed by atoms with Crippen LogP contribution in [0, 0.1) is 0 Å². The molecule has 0 N–H and O–H groups in total. The third-order valence-corrected chi connectivity index (χ3v) is 5.87. The van der Waals surface area contributed by atoms with Crippen molar-refractivity contribution in [2.24, 2.45) is 0 Å². The monoisotopic (exact) mass is 524 g/mol. The number of carbonyl (C=O) groups is 2. The average molecular weight is 525 g/mol. The van der Waals surface area contributed by atoms with Gasteiger partial charge in [-0.15, -0.1) is 0 Å². The highest BCUT2D eigenvalue weighted by Gasteiger charge is 2.34. The second kappa shape index (κ2) is 15.0. The summed E-state index contributed by atoms with van der Waals surface area (Å²) in [4.78, 5) is 21.7.